The number of ether oxygens (including phenoxy) is 1. The Bertz CT molecular complexity index is 485. The smallest absolute Gasteiger partial charge is 0.279 e. The van der Waals surface area contributed by atoms with E-state index in [0.717, 1.165) is 0 Å². The maximum atomic E-state index is 11.8. The minimum absolute atomic E-state index is 0.0875. The Morgan fingerprint density at radius 1 is 1.32 bits per heavy atom. The van der Waals surface area contributed by atoms with Crippen LogP contribution in [0.25, 0.3) is 0 Å². The van der Waals surface area contributed by atoms with Crippen LogP contribution in [0, 0.1) is 0 Å². The van der Waals surface area contributed by atoms with Crippen molar-refractivity contribution >= 4 is 15.9 Å². The standard InChI is InChI=1S/C12H21N3O3S/c1-10(2)15(3)19(16,17)14-8-9-18-12-6-4-11(13)5-7-12/h4-7,10,14H,8-9,13H2,1-3H3. The second-order valence-electron chi connectivity index (χ2n) is 4.43. The van der Waals surface area contributed by atoms with Crippen molar-refractivity contribution in [2.75, 3.05) is 25.9 Å². The summed E-state index contributed by atoms with van der Waals surface area (Å²) < 4.78 is 32.7. The first-order valence-electron chi connectivity index (χ1n) is 6.04. The summed E-state index contributed by atoms with van der Waals surface area (Å²) in [7, 11) is -1.90. The number of hydrogen-bond donors (Lipinski definition) is 2. The molecule has 108 valence electrons. The Morgan fingerprint density at radius 2 is 1.89 bits per heavy atom. The first-order chi connectivity index (χ1) is 8.83. The molecule has 0 aromatic heterocycles. The van der Waals surface area contributed by atoms with Crippen LogP contribution < -0.4 is 15.2 Å². The van der Waals surface area contributed by atoms with Crippen molar-refractivity contribution in [3.63, 3.8) is 0 Å². The Kier molecular flexibility index (Phi) is 5.59. The van der Waals surface area contributed by atoms with Crippen molar-refractivity contribution in [2.24, 2.45) is 0 Å². The molecule has 0 atom stereocenters. The van der Waals surface area contributed by atoms with E-state index in [-0.39, 0.29) is 19.2 Å². The molecule has 1 aromatic rings. The van der Waals surface area contributed by atoms with E-state index in [0.29, 0.717) is 11.4 Å². The van der Waals surface area contributed by atoms with Crippen LogP contribution in [0.5, 0.6) is 5.75 Å². The Balaban J connectivity index is 2.37. The van der Waals surface area contributed by atoms with E-state index in [1.807, 2.05) is 13.8 Å². The first kappa shape index (κ1) is 15.7. The third-order valence-electron chi connectivity index (χ3n) is 2.64. The zero-order valence-electron chi connectivity index (χ0n) is 11.5. The van der Waals surface area contributed by atoms with Crippen LogP contribution in [0.3, 0.4) is 0 Å². The molecule has 0 radical (unpaired) electrons. The van der Waals surface area contributed by atoms with Gasteiger partial charge in [-0.2, -0.15) is 17.4 Å². The van der Waals surface area contributed by atoms with Gasteiger partial charge in [0.15, 0.2) is 0 Å². The fraction of sp³-hybridized carbons (Fsp3) is 0.500. The number of benzene rings is 1. The molecule has 0 aliphatic rings. The molecule has 0 spiro atoms. The average molecular weight is 287 g/mol. The highest BCUT2D eigenvalue weighted by Gasteiger charge is 2.19. The second kappa shape index (κ2) is 6.74. The highest BCUT2D eigenvalue weighted by Crippen LogP contribution is 2.12. The van der Waals surface area contributed by atoms with Crippen LogP contribution >= 0.6 is 0 Å². The van der Waals surface area contributed by atoms with Crippen molar-refractivity contribution in [2.45, 2.75) is 19.9 Å². The van der Waals surface area contributed by atoms with Gasteiger partial charge in [-0.25, -0.2) is 0 Å². The number of nitrogens with two attached hydrogens (primary N) is 1. The molecule has 1 rings (SSSR count). The summed E-state index contributed by atoms with van der Waals surface area (Å²) in [6.45, 7) is 4.09. The molecule has 0 aliphatic carbocycles. The van der Waals surface area contributed by atoms with Crippen molar-refractivity contribution in [1.29, 1.82) is 0 Å². The van der Waals surface area contributed by atoms with Crippen molar-refractivity contribution < 1.29 is 13.2 Å². The topological polar surface area (TPSA) is 84.7 Å². The van der Waals surface area contributed by atoms with Gasteiger partial charge in [-0.05, 0) is 38.1 Å². The summed E-state index contributed by atoms with van der Waals surface area (Å²) in [5.74, 6) is 0.658. The van der Waals surface area contributed by atoms with E-state index in [1.165, 1.54) is 11.4 Å². The van der Waals surface area contributed by atoms with E-state index in [9.17, 15) is 8.42 Å². The van der Waals surface area contributed by atoms with E-state index >= 15 is 0 Å². The summed E-state index contributed by atoms with van der Waals surface area (Å²) in [4.78, 5) is 0. The minimum Gasteiger partial charge on any atom is -0.492 e. The molecule has 0 amide bonds. The van der Waals surface area contributed by atoms with Gasteiger partial charge in [0.25, 0.3) is 10.2 Å². The molecule has 0 aliphatic heterocycles. The van der Waals surface area contributed by atoms with Gasteiger partial charge in [0.2, 0.25) is 0 Å². The Labute approximate surface area is 114 Å². The van der Waals surface area contributed by atoms with Crippen LogP contribution in [0.2, 0.25) is 0 Å². The highest BCUT2D eigenvalue weighted by atomic mass is 32.2. The third-order valence-corrected chi connectivity index (χ3v) is 4.39. The average Bonchev–Trinajstić information content (AvgIpc) is 2.35. The first-order valence-corrected chi connectivity index (χ1v) is 7.48. The number of nitrogens with zero attached hydrogens (tertiary/aromatic N) is 1. The van der Waals surface area contributed by atoms with Crippen LogP contribution in [0.4, 0.5) is 5.69 Å². The van der Waals surface area contributed by atoms with E-state index < -0.39 is 10.2 Å². The lowest BCUT2D eigenvalue weighted by Gasteiger charge is -2.21. The Hall–Kier alpha value is -1.31. The van der Waals surface area contributed by atoms with Gasteiger partial charge in [0, 0.05) is 25.3 Å². The molecule has 7 heteroatoms. The molecule has 0 unspecified atom stereocenters. The van der Waals surface area contributed by atoms with Gasteiger partial charge in [-0.1, -0.05) is 0 Å². The quantitative estimate of drug-likeness (QED) is 0.574. The zero-order valence-corrected chi connectivity index (χ0v) is 12.3. The van der Waals surface area contributed by atoms with Crippen molar-refractivity contribution in [3.05, 3.63) is 24.3 Å². The molecule has 0 heterocycles. The summed E-state index contributed by atoms with van der Waals surface area (Å²) in [5.41, 5.74) is 6.21. The van der Waals surface area contributed by atoms with E-state index in [4.69, 9.17) is 10.5 Å². The molecular weight excluding hydrogens is 266 g/mol. The normalized spacial score (nSPS) is 12.1. The third kappa shape index (κ3) is 5.06. The van der Waals surface area contributed by atoms with E-state index in [2.05, 4.69) is 4.72 Å². The number of anilines is 1. The van der Waals surface area contributed by atoms with Crippen molar-refractivity contribution in [1.82, 2.24) is 9.03 Å². The van der Waals surface area contributed by atoms with Crippen molar-refractivity contribution in [3.8, 4) is 5.75 Å². The number of rotatable bonds is 7. The maximum Gasteiger partial charge on any atom is 0.279 e. The SMILES string of the molecule is CC(C)N(C)S(=O)(=O)NCCOc1ccc(N)cc1. The molecule has 0 bridgehead atoms. The molecule has 1 aromatic carbocycles. The predicted molar refractivity (Wildman–Crippen MR) is 76.2 cm³/mol. The van der Waals surface area contributed by atoms with Gasteiger partial charge in [-0.3, -0.25) is 0 Å². The molecule has 0 saturated heterocycles. The van der Waals surface area contributed by atoms with Gasteiger partial charge in [0.05, 0.1) is 0 Å². The van der Waals surface area contributed by atoms with E-state index in [1.54, 1.807) is 24.3 Å². The van der Waals surface area contributed by atoms with Gasteiger partial charge in [-0.15, -0.1) is 0 Å². The van der Waals surface area contributed by atoms with Crippen LogP contribution in [-0.4, -0.2) is 39.0 Å². The number of nitrogen functional groups attached to an aromatic ring is 1. The predicted octanol–water partition coefficient (Wildman–Crippen LogP) is 0.822. The monoisotopic (exact) mass is 287 g/mol. The van der Waals surface area contributed by atoms with Gasteiger partial charge >= 0.3 is 0 Å². The number of nitrogens with one attached hydrogen (secondary N) is 1. The molecule has 0 saturated carbocycles. The summed E-state index contributed by atoms with van der Waals surface area (Å²) in [6, 6.07) is 6.85. The Morgan fingerprint density at radius 3 is 2.42 bits per heavy atom. The minimum atomic E-state index is -3.44. The maximum absolute atomic E-state index is 11.8. The lowest BCUT2D eigenvalue weighted by Crippen LogP contribution is -2.43. The highest BCUT2D eigenvalue weighted by molar-refractivity contribution is 7.87. The largest absolute Gasteiger partial charge is 0.492 e. The lowest BCUT2D eigenvalue weighted by molar-refractivity contribution is 0.319. The summed E-state index contributed by atoms with van der Waals surface area (Å²) >= 11 is 0. The van der Waals surface area contributed by atoms with Crippen LogP contribution in [0.15, 0.2) is 24.3 Å². The van der Waals surface area contributed by atoms with Crippen LogP contribution in [-0.2, 0) is 10.2 Å². The molecule has 6 nitrogen and oxygen atoms in total. The fourth-order valence-corrected chi connectivity index (χ4v) is 2.38. The molecule has 19 heavy (non-hydrogen) atoms. The van der Waals surface area contributed by atoms with Gasteiger partial charge in [0.1, 0.15) is 12.4 Å². The zero-order chi connectivity index (χ0) is 14.5. The molecular formula is C12H21N3O3S. The lowest BCUT2D eigenvalue weighted by atomic mass is 10.3. The number of hydrogen-bond acceptors (Lipinski definition) is 4. The summed E-state index contributed by atoms with van der Waals surface area (Å²) in [6.07, 6.45) is 0. The second-order valence-corrected chi connectivity index (χ2v) is 6.24. The molecule has 0 fully saturated rings. The van der Waals surface area contributed by atoms with Gasteiger partial charge < -0.3 is 10.5 Å². The van der Waals surface area contributed by atoms with Crippen LogP contribution in [0.1, 0.15) is 13.8 Å². The summed E-state index contributed by atoms with van der Waals surface area (Å²) in [5, 5.41) is 0. The molecule has 3 N–H and O–H groups in total. The fourth-order valence-electron chi connectivity index (χ4n) is 1.28.